The molecule has 2 aromatic heterocycles. The molecule has 1 atom stereocenters. The number of rotatable bonds is 13. The van der Waals surface area contributed by atoms with Crippen LogP contribution in [0.1, 0.15) is 78.1 Å². The molecular formula is C26H38IN6O2PS. The van der Waals surface area contributed by atoms with Gasteiger partial charge in [-0.3, -0.25) is 9.13 Å². The molecule has 0 radical (unpaired) electrons. The molecule has 8 nitrogen and oxygen atoms in total. The highest BCUT2D eigenvalue weighted by atomic mass is 127. The summed E-state index contributed by atoms with van der Waals surface area (Å²) < 4.78 is 2.07. The standard InChI is InChI=1S/C24H32IN6O2PS.C2H6/c25-34-31-16-26-21-22(27-17-8-4-3-5-9-17)29-24(30-23(21)31)28-18-11-13-19(14-12-18)35-15-7-2-1-6-10-20(32)33;1-2/h11-14,16-17,34H,1-10,15H2,(H,32,33)(H2,27,28,29,30);1-2H3. The van der Waals surface area contributed by atoms with Crippen molar-refractivity contribution >= 4 is 74.8 Å². The van der Waals surface area contributed by atoms with E-state index in [1.165, 1.54) is 37.0 Å². The first-order valence-corrected chi connectivity index (χ1v) is 18.3. The Morgan fingerprint density at radius 3 is 2.54 bits per heavy atom. The average Bonchev–Trinajstić information content (AvgIpc) is 3.34. The van der Waals surface area contributed by atoms with Crippen LogP contribution in [0, 0.1) is 0 Å². The maximum Gasteiger partial charge on any atom is 0.303 e. The molecule has 1 aromatic carbocycles. The van der Waals surface area contributed by atoms with Crippen molar-refractivity contribution in [3.8, 4) is 0 Å². The summed E-state index contributed by atoms with van der Waals surface area (Å²) in [7, 11) is 0. The predicted molar refractivity (Wildman–Crippen MR) is 166 cm³/mol. The Hall–Kier alpha value is -1.65. The molecule has 0 bridgehead atoms. The van der Waals surface area contributed by atoms with Gasteiger partial charge in [0.2, 0.25) is 5.95 Å². The fourth-order valence-electron chi connectivity index (χ4n) is 4.24. The van der Waals surface area contributed by atoms with Crippen LogP contribution >= 0.6 is 40.2 Å². The second-order valence-corrected chi connectivity index (χ2v) is 12.1. The number of thioether (sulfide) groups is 1. The largest absolute Gasteiger partial charge is 0.481 e. The third-order valence-corrected chi connectivity index (χ3v) is 9.26. The van der Waals surface area contributed by atoms with Gasteiger partial charge in [-0.1, -0.05) is 46.0 Å². The van der Waals surface area contributed by atoms with Crippen LogP contribution in [-0.4, -0.2) is 42.2 Å². The number of benzene rings is 1. The van der Waals surface area contributed by atoms with E-state index in [1.54, 1.807) is 0 Å². The number of halogens is 1. The molecule has 202 valence electrons. The monoisotopic (exact) mass is 656 g/mol. The summed E-state index contributed by atoms with van der Waals surface area (Å²) in [5, 5.41) is 15.7. The summed E-state index contributed by atoms with van der Waals surface area (Å²) >= 11 is 4.18. The zero-order chi connectivity index (χ0) is 26.5. The van der Waals surface area contributed by atoms with E-state index in [-0.39, 0.29) is 6.42 Å². The molecule has 11 heteroatoms. The molecule has 1 fully saturated rings. The fourth-order valence-corrected chi connectivity index (χ4v) is 6.55. The Kier molecular flexibility index (Phi) is 13.2. The van der Waals surface area contributed by atoms with E-state index >= 15 is 0 Å². The maximum atomic E-state index is 10.6. The normalized spacial score (nSPS) is 14.0. The molecule has 0 spiro atoms. The molecule has 0 amide bonds. The van der Waals surface area contributed by atoms with E-state index in [4.69, 9.17) is 15.1 Å². The number of carbonyl (C=O) groups is 1. The lowest BCUT2D eigenvalue weighted by Crippen LogP contribution is -2.23. The lowest BCUT2D eigenvalue weighted by atomic mass is 9.95. The minimum atomic E-state index is -0.703. The molecule has 1 saturated carbocycles. The molecule has 2 heterocycles. The van der Waals surface area contributed by atoms with Crippen LogP contribution in [0.15, 0.2) is 35.5 Å². The smallest absolute Gasteiger partial charge is 0.303 e. The molecule has 0 saturated heterocycles. The van der Waals surface area contributed by atoms with Gasteiger partial charge in [-0.2, -0.15) is 9.97 Å². The Balaban J connectivity index is 0.00000186. The number of carboxylic acids is 1. The number of aromatic nitrogens is 4. The number of hydrogen-bond acceptors (Lipinski definition) is 7. The first kappa shape index (κ1) is 29.9. The van der Waals surface area contributed by atoms with Crippen LogP contribution in [0.3, 0.4) is 0 Å². The van der Waals surface area contributed by atoms with E-state index < -0.39 is 5.97 Å². The van der Waals surface area contributed by atoms with Crippen molar-refractivity contribution in [2.45, 2.75) is 89.0 Å². The third kappa shape index (κ3) is 9.55. The summed E-state index contributed by atoms with van der Waals surface area (Å²) in [6, 6.07) is 8.81. The minimum Gasteiger partial charge on any atom is -0.481 e. The topological polar surface area (TPSA) is 105 Å². The van der Waals surface area contributed by atoms with Gasteiger partial charge in [0.1, 0.15) is 6.33 Å². The van der Waals surface area contributed by atoms with Gasteiger partial charge in [-0.25, -0.2) is 4.98 Å². The fraction of sp³-hybridized carbons (Fsp3) is 0.538. The quantitative estimate of drug-likeness (QED) is 0.0731. The van der Waals surface area contributed by atoms with Crippen molar-refractivity contribution in [1.29, 1.82) is 0 Å². The Morgan fingerprint density at radius 1 is 1.11 bits per heavy atom. The van der Waals surface area contributed by atoms with Crippen LogP contribution in [0.5, 0.6) is 0 Å². The summed E-state index contributed by atoms with van der Waals surface area (Å²) in [6.45, 7) is 4.00. The first-order valence-electron chi connectivity index (χ1n) is 13.2. The zero-order valence-corrected chi connectivity index (χ0v) is 25.6. The highest BCUT2D eigenvalue weighted by Gasteiger charge is 2.18. The lowest BCUT2D eigenvalue weighted by molar-refractivity contribution is -0.137. The third-order valence-electron chi connectivity index (χ3n) is 6.10. The van der Waals surface area contributed by atoms with Crippen LogP contribution in [0.2, 0.25) is 0 Å². The van der Waals surface area contributed by atoms with E-state index in [9.17, 15) is 4.79 Å². The Labute approximate surface area is 238 Å². The Bertz CT molecular complexity index is 1110. The van der Waals surface area contributed by atoms with Crippen molar-refractivity contribution < 1.29 is 9.90 Å². The highest BCUT2D eigenvalue weighted by molar-refractivity contribution is 14.2. The van der Waals surface area contributed by atoms with E-state index in [2.05, 4.69) is 66.3 Å². The van der Waals surface area contributed by atoms with Crippen molar-refractivity contribution in [3.63, 3.8) is 0 Å². The van der Waals surface area contributed by atoms with Gasteiger partial charge >= 0.3 is 5.97 Å². The molecule has 3 aromatic rings. The molecule has 1 aliphatic carbocycles. The molecule has 37 heavy (non-hydrogen) atoms. The number of fused-ring (bicyclic) bond motifs is 1. The van der Waals surface area contributed by atoms with Crippen molar-refractivity contribution in [2.75, 3.05) is 16.4 Å². The summed E-state index contributed by atoms with van der Waals surface area (Å²) in [5.41, 5.74) is 2.64. The molecular weight excluding hydrogens is 618 g/mol. The average molecular weight is 657 g/mol. The molecule has 3 N–H and O–H groups in total. The Morgan fingerprint density at radius 2 is 1.84 bits per heavy atom. The van der Waals surface area contributed by atoms with Crippen LogP contribution in [0.25, 0.3) is 11.2 Å². The predicted octanol–water partition coefficient (Wildman–Crippen LogP) is 8.26. The number of unbranched alkanes of at least 4 members (excludes halogenated alkanes) is 3. The number of aliphatic carboxylic acids is 1. The maximum absolute atomic E-state index is 10.6. The van der Waals surface area contributed by atoms with Gasteiger partial charge < -0.3 is 15.7 Å². The van der Waals surface area contributed by atoms with E-state index in [0.717, 1.165) is 54.1 Å². The zero-order valence-electron chi connectivity index (χ0n) is 21.7. The SMILES string of the molecule is CC.O=C(O)CCCCCCSc1ccc(Nc2nc(NC3CCCCC3)c3ncn(PI)c3n2)cc1. The van der Waals surface area contributed by atoms with Gasteiger partial charge in [0.15, 0.2) is 17.0 Å². The second-order valence-electron chi connectivity index (χ2n) is 8.80. The summed E-state index contributed by atoms with van der Waals surface area (Å²) in [5.74, 6) is 1.73. The van der Waals surface area contributed by atoms with E-state index in [1.807, 2.05) is 31.9 Å². The molecule has 1 unspecified atom stereocenters. The van der Waals surface area contributed by atoms with Gasteiger partial charge in [0, 0.05) is 23.0 Å². The van der Waals surface area contributed by atoms with Crippen molar-refractivity contribution in [1.82, 2.24) is 19.3 Å². The van der Waals surface area contributed by atoms with Gasteiger partial charge in [-0.15, -0.1) is 11.8 Å². The molecule has 0 aliphatic heterocycles. The van der Waals surface area contributed by atoms with Gasteiger partial charge in [0.05, 0.1) is 6.37 Å². The lowest BCUT2D eigenvalue weighted by Gasteiger charge is -2.23. The van der Waals surface area contributed by atoms with Crippen LogP contribution in [0.4, 0.5) is 17.5 Å². The summed E-state index contributed by atoms with van der Waals surface area (Å²) in [4.78, 5) is 26.0. The van der Waals surface area contributed by atoms with Crippen LogP contribution in [-0.2, 0) is 4.79 Å². The van der Waals surface area contributed by atoms with Gasteiger partial charge in [-0.05, 0) is 77.7 Å². The minimum absolute atomic E-state index is 0.275. The number of carboxylic acid groups (broad SMARTS) is 1. The van der Waals surface area contributed by atoms with Crippen LogP contribution < -0.4 is 10.6 Å². The summed E-state index contributed by atoms with van der Waals surface area (Å²) in [6.07, 6.45) is 12.7. The first-order chi connectivity index (χ1) is 18.1. The number of nitrogens with one attached hydrogen (secondary N) is 2. The van der Waals surface area contributed by atoms with Gasteiger partial charge in [0.25, 0.3) is 0 Å². The number of anilines is 3. The van der Waals surface area contributed by atoms with E-state index in [0.29, 0.717) is 18.4 Å². The second kappa shape index (κ2) is 16.3. The number of hydrogen-bond donors (Lipinski definition) is 3. The molecule has 1 aliphatic rings. The van der Waals surface area contributed by atoms with Crippen molar-refractivity contribution in [3.05, 3.63) is 30.6 Å². The molecule has 4 rings (SSSR count). The number of imidazole rings is 1. The number of nitrogens with zero attached hydrogens (tertiary/aromatic N) is 4. The highest BCUT2D eigenvalue weighted by Crippen LogP contribution is 2.32. The van der Waals surface area contributed by atoms with Crippen molar-refractivity contribution in [2.24, 2.45) is 0 Å².